The van der Waals surface area contributed by atoms with Crippen LogP contribution in [0.3, 0.4) is 0 Å². The molecule has 1 fully saturated rings. The molecule has 0 heterocycles. The topological polar surface area (TPSA) is 26.3 Å². The van der Waals surface area contributed by atoms with Crippen LogP contribution < -0.4 is 0 Å². The van der Waals surface area contributed by atoms with Gasteiger partial charge in [0, 0.05) is 0 Å². The van der Waals surface area contributed by atoms with Crippen LogP contribution >= 0.6 is 0 Å². The van der Waals surface area contributed by atoms with Crippen LogP contribution in [0.2, 0.25) is 67.1 Å². The fraction of sp³-hybridized carbons (Fsp3) is 0.958. The van der Waals surface area contributed by atoms with E-state index in [4.69, 9.17) is 4.74 Å². The van der Waals surface area contributed by atoms with Crippen LogP contribution in [-0.2, 0) is 9.53 Å². The second-order valence-electron chi connectivity index (χ2n) is 11.8. The zero-order valence-electron chi connectivity index (χ0n) is 21.5. The van der Waals surface area contributed by atoms with Crippen molar-refractivity contribution in [2.45, 2.75) is 133 Å². The molecule has 0 aromatic carbocycles. The molecule has 1 rings (SSSR count). The van der Waals surface area contributed by atoms with Crippen molar-refractivity contribution in [1.29, 1.82) is 0 Å². The molecule has 1 saturated carbocycles. The van der Waals surface area contributed by atoms with Crippen LogP contribution in [-0.4, -0.2) is 47.1 Å². The molecule has 2 nitrogen and oxygen atoms in total. The molecule has 5 heteroatoms. The van der Waals surface area contributed by atoms with Crippen molar-refractivity contribution in [3.8, 4) is 0 Å². The molecule has 0 aromatic rings. The van der Waals surface area contributed by atoms with E-state index in [1.54, 1.807) is 0 Å². The number of hydrogen-bond acceptors (Lipinski definition) is 2. The van der Waals surface area contributed by atoms with Crippen molar-refractivity contribution in [2.24, 2.45) is 0 Å². The molecule has 1 unspecified atom stereocenters. The third-order valence-corrected chi connectivity index (χ3v) is 33.3. The van der Waals surface area contributed by atoms with Crippen molar-refractivity contribution in [3.63, 3.8) is 0 Å². The first-order chi connectivity index (χ1) is 13.4. The number of unbranched alkanes of at least 4 members (excludes halogenated alkanes) is 3. The fourth-order valence-corrected chi connectivity index (χ4v) is 48.3. The molecule has 0 saturated heterocycles. The Balaban J connectivity index is 3.63. The minimum atomic E-state index is -2.54. The summed E-state index contributed by atoms with van der Waals surface area (Å²) in [5, 5.41) is -0.0706. The van der Waals surface area contributed by atoms with E-state index in [2.05, 4.69) is 60.1 Å². The zero-order valence-corrected chi connectivity index (χ0v) is 26.4. The standard InChI is InChI=1S/C12H25O2Si2.3C4H9.Sn/c1-8-14-11(13)12(16(5,6)7)9-10(12)15(2,3)4;3*1-3-4-2;/h9-10H,8H2,1-7H3;3*1,3-4H2,2H3;/t10?,12-;;;;/m0..../s1. The van der Waals surface area contributed by atoms with Gasteiger partial charge in [-0.1, -0.05) is 0 Å². The molecule has 0 radical (unpaired) electrons. The van der Waals surface area contributed by atoms with Gasteiger partial charge in [-0.15, -0.1) is 0 Å². The number of rotatable bonds is 14. The second kappa shape index (κ2) is 11.0. The molecule has 0 aromatic heterocycles. The van der Waals surface area contributed by atoms with Gasteiger partial charge in [-0.3, -0.25) is 0 Å². The number of ether oxygens (including phenoxy) is 1. The van der Waals surface area contributed by atoms with Crippen molar-refractivity contribution >= 4 is 40.5 Å². The maximum atomic E-state index is 13.8. The van der Waals surface area contributed by atoms with Gasteiger partial charge < -0.3 is 0 Å². The molecule has 0 spiro atoms. The van der Waals surface area contributed by atoms with Crippen LogP contribution in [0.25, 0.3) is 0 Å². The summed E-state index contributed by atoms with van der Waals surface area (Å²) in [6.07, 6.45) is 8.09. The minimum absolute atomic E-state index is 0.0706. The SMILES string of the molecule is CCC[CH2][Sn]([CH2]CCC)([CH2]CCC)[C@@H]1C([Si](C)(C)C)[C@@]1(C(=O)OCC)[Si](C)(C)C. The fourth-order valence-electron chi connectivity index (χ4n) is 6.58. The molecule has 0 aliphatic heterocycles. The van der Waals surface area contributed by atoms with Crippen LogP contribution in [0.5, 0.6) is 0 Å². The molecular formula is C24H52O2Si2Sn. The van der Waals surface area contributed by atoms with Crippen molar-refractivity contribution in [1.82, 2.24) is 0 Å². The van der Waals surface area contributed by atoms with Crippen LogP contribution in [0.15, 0.2) is 0 Å². The first-order valence-corrected chi connectivity index (χ1v) is 27.4. The molecule has 172 valence electrons. The van der Waals surface area contributed by atoms with Gasteiger partial charge in [-0.2, -0.15) is 0 Å². The molecular weight excluding hydrogens is 495 g/mol. The van der Waals surface area contributed by atoms with Gasteiger partial charge in [0.25, 0.3) is 0 Å². The number of esters is 1. The predicted octanol–water partition coefficient (Wildman–Crippen LogP) is 8.57. The Hall–Kier alpha value is 0.702. The van der Waals surface area contributed by atoms with Gasteiger partial charge in [0.1, 0.15) is 0 Å². The zero-order chi connectivity index (χ0) is 22.5. The molecule has 29 heavy (non-hydrogen) atoms. The van der Waals surface area contributed by atoms with Gasteiger partial charge in [0.15, 0.2) is 0 Å². The average molecular weight is 548 g/mol. The van der Waals surface area contributed by atoms with Gasteiger partial charge in [-0.05, 0) is 0 Å². The van der Waals surface area contributed by atoms with Crippen LogP contribution in [0.4, 0.5) is 0 Å². The monoisotopic (exact) mass is 548 g/mol. The Morgan fingerprint density at radius 1 is 0.828 bits per heavy atom. The van der Waals surface area contributed by atoms with Crippen LogP contribution in [0.1, 0.15) is 66.2 Å². The number of hydrogen-bond donors (Lipinski definition) is 0. The number of carbonyl (C=O) groups excluding carboxylic acids is 1. The van der Waals surface area contributed by atoms with Crippen LogP contribution in [0, 0.1) is 0 Å². The maximum absolute atomic E-state index is 13.8. The summed E-state index contributed by atoms with van der Waals surface area (Å²) in [7, 11) is -3.19. The summed E-state index contributed by atoms with van der Waals surface area (Å²) in [4.78, 5) is 13.8. The Kier molecular flexibility index (Phi) is 10.5. The van der Waals surface area contributed by atoms with E-state index in [9.17, 15) is 4.79 Å². The second-order valence-corrected chi connectivity index (χ2v) is 36.3. The first-order valence-electron chi connectivity index (χ1n) is 12.6. The summed E-state index contributed by atoms with van der Waals surface area (Å²) in [6, 6.07) is 0. The third-order valence-electron chi connectivity index (χ3n) is 7.74. The van der Waals surface area contributed by atoms with Gasteiger partial charge in [0.05, 0.1) is 0 Å². The summed E-state index contributed by atoms with van der Waals surface area (Å²) in [5.74, 6) is 0.224. The van der Waals surface area contributed by atoms with Crippen molar-refractivity contribution in [2.75, 3.05) is 6.61 Å². The summed E-state index contributed by atoms with van der Waals surface area (Å²) >= 11 is -2.54. The van der Waals surface area contributed by atoms with Gasteiger partial charge in [-0.25, -0.2) is 0 Å². The Bertz CT molecular complexity index is 502. The molecule has 0 N–H and O–H groups in total. The Morgan fingerprint density at radius 2 is 1.24 bits per heavy atom. The normalized spacial score (nSPS) is 25.2. The Labute approximate surface area is 189 Å². The van der Waals surface area contributed by atoms with Crippen molar-refractivity contribution < 1.29 is 9.53 Å². The average Bonchev–Trinajstić information content (AvgIpc) is 3.35. The van der Waals surface area contributed by atoms with E-state index in [1.165, 1.54) is 51.8 Å². The predicted molar refractivity (Wildman–Crippen MR) is 138 cm³/mol. The molecule has 3 atom stereocenters. The molecule has 1 aliphatic rings. The Morgan fingerprint density at radius 3 is 1.52 bits per heavy atom. The van der Waals surface area contributed by atoms with E-state index in [-0.39, 0.29) is 11.0 Å². The van der Waals surface area contributed by atoms with Gasteiger partial charge in [0.2, 0.25) is 0 Å². The summed E-state index contributed by atoms with van der Waals surface area (Å²) < 4.78 is 11.2. The van der Waals surface area contributed by atoms with E-state index in [1.807, 2.05) is 6.92 Å². The van der Waals surface area contributed by atoms with Crippen molar-refractivity contribution in [3.05, 3.63) is 0 Å². The third kappa shape index (κ3) is 5.74. The van der Waals surface area contributed by atoms with E-state index < -0.39 is 34.5 Å². The summed E-state index contributed by atoms with van der Waals surface area (Å²) in [5.41, 5.74) is 0.682. The molecule has 0 bridgehead atoms. The van der Waals surface area contributed by atoms with E-state index in [0.29, 0.717) is 12.1 Å². The van der Waals surface area contributed by atoms with E-state index >= 15 is 0 Å². The quantitative estimate of drug-likeness (QED) is 0.161. The first kappa shape index (κ1) is 27.7. The molecule has 1 aliphatic carbocycles. The summed E-state index contributed by atoms with van der Waals surface area (Å²) in [6.45, 7) is 24.7. The van der Waals surface area contributed by atoms with E-state index in [0.717, 1.165) is 3.93 Å². The molecule has 0 amide bonds. The number of carbonyl (C=O) groups is 1. The van der Waals surface area contributed by atoms with Gasteiger partial charge >= 0.3 is 190 Å².